The summed E-state index contributed by atoms with van der Waals surface area (Å²) < 4.78 is 66.1. The molecule has 0 fully saturated rings. The summed E-state index contributed by atoms with van der Waals surface area (Å²) in [6, 6.07) is 6.15. The third-order valence-corrected chi connectivity index (χ3v) is 9.87. The normalized spacial score (nSPS) is 19.8. The second-order valence-electron chi connectivity index (χ2n) is 10.00. The fraction of sp³-hybridized carbons (Fsp3) is 0.625. The minimum atomic E-state index is -2.70. The predicted octanol–water partition coefficient (Wildman–Crippen LogP) is 6.29. The van der Waals surface area contributed by atoms with Gasteiger partial charge in [-0.25, -0.2) is 0 Å². The fourth-order valence-corrected chi connectivity index (χ4v) is 2.97. The van der Waals surface area contributed by atoms with E-state index < -0.39 is 28.0 Å². The van der Waals surface area contributed by atoms with E-state index in [0.717, 1.165) is 0 Å². The average molecular weight is 473 g/mol. The molecule has 0 N–H and O–H groups in total. The Balaban J connectivity index is 2.07. The molecule has 2 rings (SSSR count). The van der Waals surface area contributed by atoms with E-state index in [4.69, 9.17) is 33.7 Å². The Labute approximate surface area is 203 Å². The first-order valence-corrected chi connectivity index (χ1v) is 13.6. The summed E-state index contributed by atoms with van der Waals surface area (Å²) in [5, 5.41) is 6.13. The summed E-state index contributed by atoms with van der Waals surface area (Å²) >= 11 is 6.35. The second-order valence-corrected chi connectivity index (χ2v) is 15.2. The van der Waals surface area contributed by atoms with Crippen LogP contribution in [0.3, 0.4) is 0 Å². The summed E-state index contributed by atoms with van der Waals surface area (Å²) in [7, 11) is -2.60. The number of nitrogens with zero attached hydrogens (tertiary/aromatic N) is 2. The van der Waals surface area contributed by atoms with Crippen LogP contribution >= 0.6 is 11.6 Å². The zero-order valence-corrected chi connectivity index (χ0v) is 21.6. The van der Waals surface area contributed by atoms with Crippen LogP contribution in [-0.2, 0) is 27.1 Å². The molecule has 1 aliphatic rings. The third kappa shape index (κ3) is 7.94. The molecule has 0 bridgehead atoms. The number of ether oxygens (including phenoxy) is 2. The van der Waals surface area contributed by atoms with Gasteiger partial charge in [0.2, 0.25) is 0 Å². The van der Waals surface area contributed by atoms with Crippen LogP contribution in [-0.4, -0.2) is 44.7 Å². The van der Waals surface area contributed by atoms with E-state index >= 15 is 0 Å². The number of hydrogen-bond donors (Lipinski definition) is 0. The highest BCUT2D eigenvalue weighted by Crippen LogP contribution is 2.36. The van der Waals surface area contributed by atoms with E-state index in [1.165, 1.54) is 18.3 Å². The van der Waals surface area contributed by atoms with Gasteiger partial charge < -0.3 is 13.9 Å². The van der Waals surface area contributed by atoms with Crippen molar-refractivity contribution >= 4 is 26.1 Å². The summed E-state index contributed by atoms with van der Waals surface area (Å²) in [5.41, 5.74) is 0.508. The molecule has 5 nitrogen and oxygen atoms in total. The lowest BCUT2D eigenvalue weighted by molar-refractivity contribution is 0.0845. The van der Waals surface area contributed by atoms with Crippen LogP contribution in [0.1, 0.15) is 60.9 Å². The van der Waals surface area contributed by atoms with Crippen LogP contribution < -0.4 is 0 Å². The SMILES string of the molecule is [2H]C([2H])(OC1=C(Cl)CN(C(C)(C)C)N=C1)c1ccc(COC([2H])([2H])C([2H])([2H])O[Si](C)(C)C(C)(C)C)cc1. The second kappa shape index (κ2) is 10.5. The molecule has 1 aliphatic heterocycles. The predicted molar refractivity (Wildman–Crippen MR) is 132 cm³/mol. The molecule has 1 heterocycles. The van der Waals surface area contributed by atoms with Gasteiger partial charge in [-0.1, -0.05) is 56.6 Å². The fourth-order valence-electron chi connectivity index (χ4n) is 2.17. The van der Waals surface area contributed by atoms with Crippen molar-refractivity contribution in [3.05, 3.63) is 46.2 Å². The van der Waals surface area contributed by atoms with Crippen molar-refractivity contribution in [2.75, 3.05) is 19.7 Å². The number of hydrazone groups is 1. The maximum absolute atomic E-state index is 8.38. The lowest BCUT2D eigenvalue weighted by atomic mass is 10.1. The molecule has 0 amide bonds. The van der Waals surface area contributed by atoms with E-state index in [0.29, 0.717) is 17.1 Å². The Morgan fingerprint density at radius 3 is 2.23 bits per heavy atom. The molecule has 0 radical (unpaired) electrons. The van der Waals surface area contributed by atoms with E-state index in [1.54, 1.807) is 17.1 Å². The first kappa shape index (κ1) is 18.1. The molecule has 0 spiro atoms. The summed E-state index contributed by atoms with van der Waals surface area (Å²) in [4.78, 5) is 0. The van der Waals surface area contributed by atoms with Gasteiger partial charge >= 0.3 is 0 Å². The Morgan fingerprint density at radius 2 is 1.68 bits per heavy atom. The minimum Gasteiger partial charge on any atom is -0.486 e. The molecule has 0 unspecified atom stereocenters. The topological polar surface area (TPSA) is 43.3 Å². The number of benzene rings is 1. The Bertz CT molecular complexity index is 1020. The molecule has 174 valence electrons. The monoisotopic (exact) mass is 472 g/mol. The zero-order valence-electron chi connectivity index (χ0n) is 25.8. The maximum Gasteiger partial charge on any atom is 0.192 e. The van der Waals surface area contributed by atoms with Gasteiger partial charge in [-0.05, 0) is 50.0 Å². The van der Waals surface area contributed by atoms with E-state index in [2.05, 4.69) is 5.10 Å². The van der Waals surface area contributed by atoms with Crippen LogP contribution in [0.5, 0.6) is 0 Å². The van der Waals surface area contributed by atoms with Crippen LogP contribution in [0, 0.1) is 0 Å². The Morgan fingerprint density at radius 1 is 1.06 bits per heavy atom. The summed E-state index contributed by atoms with van der Waals surface area (Å²) in [5.74, 6) is 0.150. The molecule has 0 saturated carbocycles. The smallest absolute Gasteiger partial charge is 0.192 e. The molecule has 1 aromatic rings. The molecule has 0 saturated heterocycles. The largest absolute Gasteiger partial charge is 0.486 e. The van der Waals surface area contributed by atoms with Crippen molar-refractivity contribution in [2.24, 2.45) is 5.10 Å². The van der Waals surface area contributed by atoms with Gasteiger partial charge in [0.1, 0.15) is 6.56 Å². The molecule has 1 aromatic carbocycles. The molecule has 31 heavy (non-hydrogen) atoms. The summed E-state index contributed by atoms with van der Waals surface area (Å²) in [6.45, 7) is 8.02. The van der Waals surface area contributed by atoms with Gasteiger partial charge in [0, 0.05) is 5.54 Å². The highest BCUT2D eigenvalue weighted by Gasteiger charge is 2.36. The number of hydrogen-bond acceptors (Lipinski definition) is 5. The van der Waals surface area contributed by atoms with Crippen LogP contribution in [0.4, 0.5) is 0 Å². The molecule has 0 atom stereocenters. The van der Waals surface area contributed by atoms with Crippen molar-refractivity contribution in [3.8, 4) is 0 Å². The van der Waals surface area contributed by atoms with Crippen molar-refractivity contribution in [2.45, 2.75) is 78.4 Å². The van der Waals surface area contributed by atoms with E-state index in [-0.39, 0.29) is 28.5 Å². The first-order valence-electron chi connectivity index (χ1n) is 13.3. The molecular weight excluding hydrogens is 428 g/mol. The standard InChI is InChI=1S/C24H39ClN2O3Si/c1-23(2,3)27-16-21(25)22(15-26-27)29-18-20-11-9-19(10-12-20)17-28-13-14-30-31(7,8)24(4,5)6/h9-12,15H,13-14,16-18H2,1-8H3/i13D2,14D2,18D2. The van der Waals surface area contributed by atoms with Gasteiger partial charge in [-0.2, -0.15) is 5.10 Å². The van der Waals surface area contributed by atoms with Gasteiger partial charge in [0.05, 0.1) is 45.7 Å². The first-order chi connectivity index (χ1) is 16.5. The van der Waals surface area contributed by atoms with Crippen molar-refractivity contribution in [3.63, 3.8) is 0 Å². The third-order valence-electron chi connectivity index (χ3n) is 5.34. The van der Waals surface area contributed by atoms with Crippen molar-refractivity contribution in [1.29, 1.82) is 0 Å². The Hall–Kier alpha value is -1.34. The van der Waals surface area contributed by atoms with Crippen molar-refractivity contribution in [1.82, 2.24) is 5.01 Å². The number of halogens is 1. The highest BCUT2D eigenvalue weighted by atomic mass is 35.5. The molecule has 7 heteroatoms. The highest BCUT2D eigenvalue weighted by molar-refractivity contribution is 6.74. The zero-order chi connectivity index (χ0) is 28.7. The molecule has 0 aromatic heterocycles. The van der Waals surface area contributed by atoms with Gasteiger partial charge in [0.15, 0.2) is 14.1 Å². The molecule has 0 aliphatic carbocycles. The van der Waals surface area contributed by atoms with Crippen LogP contribution in [0.25, 0.3) is 0 Å². The number of rotatable bonds is 9. The quantitative estimate of drug-likeness (QED) is 0.396. The summed E-state index contributed by atoms with van der Waals surface area (Å²) in [6.07, 6.45) is 1.40. The van der Waals surface area contributed by atoms with Gasteiger partial charge in [0.25, 0.3) is 0 Å². The van der Waals surface area contributed by atoms with Crippen LogP contribution in [0.15, 0.2) is 40.2 Å². The van der Waals surface area contributed by atoms with Crippen molar-refractivity contribution < 1.29 is 22.1 Å². The van der Waals surface area contributed by atoms with Gasteiger partial charge in [-0.15, -0.1) is 0 Å². The van der Waals surface area contributed by atoms with E-state index in [1.807, 2.05) is 54.6 Å². The maximum atomic E-state index is 8.38. The van der Waals surface area contributed by atoms with E-state index in [9.17, 15) is 0 Å². The lowest BCUT2D eigenvalue weighted by Gasteiger charge is -2.36. The minimum absolute atomic E-state index is 0.150. The molecular formula is C24H39ClN2O3Si. The average Bonchev–Trinajstić information content (AvgIpc) is 2.71. The Kier molecular flexibility index (Phi) is 6.15. The van der Waals surface area contributed by atoms with Crippen LogP contribution in [0.2, 0.25) is 18.1 Å². The van der Waals surface area contributed by atoms with Gasteiger partial charge in [-0.3, -0.25) is 5.01 Å². The lowest BCUT2D eigenvalue weighted by Crippen LogP contribution is -2.41. The number of allylic oxidation sites excluding steroid dienone is 1.